The molecule has 0 saturated heterocycles. The lowest BCUT2D eigenvalue weighted by Crippen LogP contribution is -2.31. The molecule has 0 spiro atoms. The van der Waals surface area contributed by atoms with E-state index >= 15 is 0 Å². The Kier molecular flexibility index (Phi) is 9.74. The predicted octanol–water partition coefficient (Wildman–Crippen LogP) is 3.07. The molecule has 2 N–H and O–H groups in total. The highest BCUT2D eigenvalue weighted by molar-refractivity contribution is 5.53. The molecule has 1 atom stereocenters. The molecule has 0 aromatic heterocycles. The van der Waals surface area contributed by atoms with E-state index in [1.807, 2.05) is 33.8 Å². The van der Waals surface area contributed by atoms with Gasteiger partial charge in [-0.3, -0.25) is 4.79 Å². The molecule has 1 unspecified atom stereocenters. The second-order valence-electron chi connectivity index (χ2n) is 3.63. The van der Waals surface area contributed by atoms with E-state index < -0.39 is 0 Å². The van der Waals surface area contributed by atoms with Crippen molar-refractivity contribution >= 4 is 12.1 Å². The van der Waals surface area contributed by atoms with Gasteiger partial charge in [0.1, 0.15) is 0 Å². The Morgan fingerprint density at radius 3 is 2.61 bits per heavy atom. The van der Waals surface area contributed by atoms with Crippen LogP contribution < -0.4 is 10.6 Å². The van der Waals surface area contributed by atoms with Crippen LogP contribution in [0, 0.1) is 5.92 Å². The summed E-state index contributed by atoms with van der Waals surface area (Å²) in [5.74, 6) is 0.509. The van der Waals surface area contributed by atoms with Gasteiger partial charge in [0, 0.05) is 18.8 Å². The summed E-state index contributed by atoms with van der Waals surface area (Å²) < 4.78 is 0. The van der Waals surface area contributed by atoms with Gasteiger partial charge in [0.15, 0.2) is 0 Å². The van der Waals surface area contributed by atoms with Crippen LogP contribution in [0.4, 0.5) is 5.69 Å². The number of hydrogen-bond donors (Lipinski definition) is 2. The van der Waals surface area contributed by atoms with Crippen LogP contribution in [0.25, 0.3) is 0 Å². The molecule has 0 radical (unpaired) electrons. The predicted molar refractivity (Wildman–Crippen MR) is 78.9 cm³/mol. The molecule has 0 aliphatic carbocycles. The minimum Gasteiger partial charge on any atom is -0.384 e. The second-order valence-corrected chi connectivity index (χ2v) is 3.63. The van der Waals surface area contributed by atoms with Gasteiger partial charge in [-0.2, -0.15) is 0 Å². The van der Waals surface area contributed by atoms with Crippen molar-refractivity contribution in [1.29, 1.82) is 0 Å². The lowest BCUT2D eigenvalue weighted by Gasteiger charge is -2.25. The Labute approximate surface area is 111 Å². The molecule has 1 aliphatic heterocycles. The van der Waals surface area contributed by atoms with Crippen LogP contribution in [0.3, 0.4) is 0 Å². The van der Waals surface area contributed by atoms with E-state index in [1.54, 1.807) is 0 Å². The smallest absolute Gasteiger partial charge is 0.207 e. The minimum absolute atomic E-state index is 0.509. The molecule has 1 aliphatic rings. The summed E-state index contributed by atoms with van der Waals surface area (Å²) in [5, 5.41) is 6.09. The van der Waals surface area contributed by atoms with E-state index in [0.29, 0.717) is 5.92 Å². The van der Waals surface area contributed by atoms with E-state index in [1.165, 1.54) is 11.3 Å². The first-order chi connectivity index (χ1) is 8.90. The van der Waals surface area contributed by atoms with Crippen molar-refractivity contribution in [2.75, 3.05) is 18.4 Å². The zero-order valence-electron chi connectivity index (χ0n) is 12.0. The number of fused-ring (bicyclic) bond motifs is 1. The number of carbonyl (C=O) groups excluding carboxylic acids is 1. The van der Waals surface area contributed by atoms with Crippen LogP contribution in [0.2, 0.25) is 0 Å². The van der Waals surface area contributed by atoms with Crippen LogP contribution in [-0.2, 0) is 11.2 Å². The number of benzene rings is 1. The summed E-state index contributed by atoms with van der Waals surface area (Å²) in [6, 6.07) is 8.32. The van der Waals surface area contributed by atoms with Gasteiger partial charge in [-0.15, -0.1) is 0 Å². The highest BCUT2D eigenvalue weighted by atomic mass is 16.1. The third-order valence-electron chi connectivity index (χ3n) is 2.60. The maximum absolute atomic E-state index is 10.2. The Balaban J connectivity index is 0.000000659. The largest absolute Gasteiger partial charge is 0.384 e. The molecule has 1 aromatic carbocycles. The molecule has 0 saturated carbocycles. The van der Waals surface area contributed by atoms with Crippen molar-refractivity contribution in [3.05, 3.63) is 29.8 Å². The van der Waals surface area contributed by atoms with Crippen LogP contribution in [0.15, 0.2) is 24.3 Å². The zero-order chi connectivity index (χ0) is 13.8. The first-order valence-electron chi connectivity index (χ1n) is 6.89. The van der Waals surface area contributed by atoms with Crippen molar-refractivity contribution in [2.45, 2.75) is 34.1 Å². The van der Waals surface area contributed by atoms with Crippen LogP contribution >= 0.6 is 0 Å². The van der Waals surface area contributed by atoms with Crippen molar-refractivity contribution in [1.82, 2.24) is 5.32 Å². The standard InChI is InChI=1S/C11H14N2O.2C2H6/c14-8-12-6-9-5-10-3-1-2-4-11(10)13-7-9;2*1-2/h1-4,8-9,13H,5-7H2,(H,12,14);2*1-2H3. The van der Waals surface area contributed by atoms with Gasteiger partial charge in [-0.05, 0) is 24.0 Å². The van der Waals surface area contributed by atoms with E-state index in [0.717, 1.165) is 25.9 Å². The number of nitrogens with one attached hydrogen (secondary N) is 2. The summed E-state index contributed by atoms with van der Waals surface area (Å²) in [4.78, 5) is 10.2. The summed E-state index contributed by atoms with van der Waals surface area (Å²) in [6.45, 7) is 9.70. The Morgan fingerprint density at radius 1 is 1.28 bits per heavy atom. The molecule has 0 fully saturated rings. The summed E-state index contributed by atoms with van der Waals surface area (Å²) in [6.07, 6.45) is 1.81. The van der Waals surface area contributed by atoms with E-state index in [4.69, 9.17) is 0 Å². The van der Waals surface area contributed by atoms with Gasteiger partial charge in [0.25, 0.3) is 0 Å². The van der Waals surface area contributed by atoms with E-state index in [-0.39, 0.29) is 0 Å². The number of carbonyl (C=O) groups is 1. The number of amides is 1. The van der Waals surface area contributed by atoms with Gasteiger partial charge in [0.2, 0.25) is 6.41 Å². The molecular weight excluding hydrogens is 224 g/mol. The van der Waals surface area contributed by atoms with Crippen molar-refractivity contribution in [3.63, 3.8) is 0 Å². The molecule has 1 amide bonds. The number of rotatable bonds is 3. The van der Waals surface area contributed by atoms with Gasteiger partial charge >= 0.3 is 0 Å². The Bertz CT molecular complexity index is 326. The number of anilines is 1. The molecule has 3 nitrogen and oxygen atoms in total. The second kappa shape index (κ2) is 10.6. The Morgan fingerprint density at radius 2 is 1.94 bits per heavy atom. The van der Waals surface area contributed by atoms with Crippen LogP contribution in [0.5, 0.6) is 0 Å². The lowest BCUT2D eigenvalue weighted by molar-refractivity contribution is -0.109. The molecule has 18 heavy (non-hydrogen) atoms. The van der Waals surface area contributed by atoms with Gasteiger partial charge < -0.3 is 10.6 Å². The maximum Gasteiger partial charge on any atom is 0.207 e. The van der Waals surface area contributed by atoms with Crippen LogP contribution in [-0.4, -0.2) is 19.5 Å². The molecule has 3 heteroatoms. The number of para-hydroxylation sites is 1. The topological polar surface area (TPSA) is 41.1 Å². The van der Waals surface area contributed by atoms with E-state index in [2.05, 4.69) is 28.8 Å². The quantitative estimate of drug-likeness (QED) is 0.809. The first kappa shape index (κ1) is 16.5. The summed E-state index contributed by atoms with van der Waals surface area (Å²) >= 11 is 0. The highest BCUT2D eigenvalue weighted by Crippen LogP contribution is 2.23. The average molecular weight is 250 g/mol. The fourth-order valence-corrected chi connectivity index (χ4v) is 1.87. The SMILES string of the molecule is CC.CC.O=CNCC1CNc2ccccc2C1. The fraction of sp³-hybridized carbons (Fsp3) is 0.533. The number of hydrogen-bond acceptors (Lipinski definition) is 2. The fourth-order valence-electron chi connectivity index (χ4n) is 1.87. The molecule has 1 heterocycles. The molecule has 102 valence electrons. The van der Waals surface area contributed by atoms with Crippen molar-refractivity contribution in [2.24, 2.45) is 5.92 Å². The summed E-state index contributed by atoms with van der Waals surface area (Å²) in [7, 11) is 0. The maximum atomic E-state index is 10.2. The average Bonchev–Trinajstić information content (AvgIpc) is 2.49. The van der Waals surface area contributed by atoms with E-state index in [9.17, 15) is 4.79 Å². The molecule has 2 rings (SSSR count). The van der Waals surface area contributed by atoms with Gasteiger partial charge in [-0.25, -0.2) is 0 Å². The third-order valence-corrected chi connectivity index (χ3v) is 2.60. The van der Waals surface area contributed by atoms with Crippen molar-refractivity contribution in [3.8, 4) is 0 Å². The molecular formula is C15H26N2O. The highest BCUT2D eigenvalue weighted by Gasteiger charge is 2.16. The van der Waals surface area contributed by atoms with Gasteiger partial charge in [0.05, 0.1) is 0 Å². The zero-order valence-corrected chi connectivity index (χ0v) is 12.0. The third kappa shape index (κ3) is 5.21. The molecule has 1 aromatic rings. The van der Waals surface area contributed by atoms with Crippen LogP contribution in [0.1, 0.15) is 33.3 Å². The van der Waals surface area contributed by atoms with Gasteiger partial charge in [-0.1, -0.05) is 45.9 Å². The minimum atomic E-state index is 0.509. The lowest BCUT2D eigenvalue weighted by atomic mass is 9.94. The first-order valence-corrected chi connectivity index (χ1v) is 6.89. The van der Waals surface area contributed by atoms with Crippen molar-refractivity contribution < 1.29 is 4.79 Å². The summed E-state index contributed by atoms with van der Waals surface area (Å²) in [5.41, 5.74) is 2.58. The normalized spacial score (nSPS) is 15.7. The molecule has 0 bridgehead atoms. The Hall–Kier alpha value is -1.51. The monoisotopic (exact) mass is 250 g/mol.